The molecule has 132 valence electrons. The van der Waals surface area contributed by atoms with Crippen LogP contribution in [0.25, 0.3) is 0 Å². The molecule has 1 fully saturated rings. The fraction of sp³-hybridized carbons (Fsp3) is 0.412. The molecule has 0 spiro atoms. The number of aromatic nitrogens is 2. The summed E-state index contributed by atoms with van der Waals surface area (Å²) >= 11 is 0. The molecule has 0 saturated carbocycles. The van der Waals surface area contributed by atoms with Crippen molar-refractivity contribution in [2.75, 3.05) is 13.1 Å². The van der Waals surface area contributed by atoms with Crippen molar-refractivity contribution < 1.29 is 4.79 Å². The van der Waals surface area contributed by atoms with Crippen molar-refractivity contribution in [3.05, 3.63) is 53.9 Å². The van der Waals surface area contributed by atoms with E-state index >= 15 is 0 Å². The molecule has 24 heavy (non-hydrogen) atoms. The van der Waals surface area contributed by atoms with E-state index < -0.39 is 5.54 Å². The molecule has 1 aliphatic rings. The number of carbonyl (C=O) groups is 1. The summed E-state index contributed by atoms with van der Waals surface area (Å²) in [5.41, 5.74) is 7.40. The Morgan fingerprint density at radius 2 is 1.96 bits per heavy atom. The number of hydrogen-bond acceptors (Lipinski definition) is 3. The third-order valence-corrected chi connectivity index (χ3v) is 4.49. The first-order chi connectivity index (χ1) is 10.5. The molecule has 5 nitrogen and oxygen atoms in total. The normalized spacial score (nSPS) is 19.1. The van der Waals surface area contributed by atoms with Crippen LogP contribution in [-0.2, 0) is 17.4 Å². The fourth-order valence-electron chi connectivity index (χ4n) is 3.10. The third-order valence-electron chi connectivity index (χ3n) is 4.49. The Kier molecular flexibility index (Phi) is 6.84. The first kappa shape index (κ1) is 20.5. The predicted molar refractivity (Wildman–Crippen MR) is 99.6 cm³/mol. The molecule has 2 heterocycles. The third kappa shape index (κ3) is 3.91. The van der Waals surface area contributed by atoms with Gasteiger partial charge in [-0.1, -0.05) is 30.3 Å². The smallest absolute Gasteiger partial charge is 0.246 e. The van der Waals surface area contributed by atoms with Crippen molar-refractivity contribution in [1.29, 1.82) is 0 Å². The van der Waals surface area contributed by atoms with Gasteiger partial charge in [0.05, 0.1) is 6.20 Å². The molecule has 7 heteroatoms. The maximum Gasteiger partial charge on any atom is 0.246 e. The van der Waals surface area contributed by atoms with Crippen molar-refractivity contribution in [1.82, 2.24) is 14.7 Å². The van der Waals surface area contributed by atoms with Crippen LogP contribution in [0.4, 0.5) is 0 Å². The topological polar surface area (TPSA) is 64.2 Å². The number of rotatable bonds is 3. The average molecular weight is 371 g/mol. The lowest BCUT2D eigenvalue weighted by molar-refractivity contribution is -0.135. The highest BCUT2D eigenvalue weighted by Gasteiger charge is 2.38. The SMILES string of the molecule is Cl.Cl.Cn1cc(C2CCN(C(=O)C(C)(N)c3ccccc3)C2)cn1. The molecule has 1 saturated heterocycles. The highest BCUT2D eigenvalue weighted by Crippen LogP contribution is 2.30. The zero-order valence-corrected chi connectivity index (χ0v) is 15.5. The highest BCUT2D eigenvalue weighted by molar-refractivity contribution is 5.87. The lowest BCUT2D eigenvalue weighted by Gasteiger charge is -2.29. The minimum Gasteiger partial charge on any atom is -0.340 e. The monoisotopic (exact) mass is 370 g/mol. The van der Waals surface area contributed by atoms with Crippen LogP contribution < -0.4 is 5.73 Å². The number of likely N-dealkylation sites (tertiary alicyclic amines) is 1. The van der Waals surface area contributed by atoms with Gasteiger partial charge in [0.1, 0.15) is 5.54 Å². The number of nitrogens with zero attached hydrogens (tertiary/aromatic N) is 3. The van der Waals surface area contributed by atoms with Gasteiger partial charge in [0, 0.05) is 32.3 Å². The van der Waals surface area contributed by atoms with Crippen LogP contribution in [0.3, 0.4) is 0 Å². The van der Waals surface area contributed by atoms with Crippen LogP contribution >= 0.6 is 24.8 Å². The lowest BCUT2D eigenvalue weighted by Crippen LogP contribution is -2.50. The lowest BCUT2D eigenvalue weighted by atomic mass is 9.91. The molecule has 1 amide bonds. The van der Waals surface area contributed by atoms with Gasteiger partial charge >= 0.3 is 0 Å². The van der Waals surface area contributed by atoms with E-state index in [0.29, 0.717) is 12.5 Å². The van der Waals surface area contributed by atoms with Crippen LogP contribution in [-0.4, -0.2) is 33.7 Å². The van der Waals surface area contributed by atoms with Crippen molar-refractivity contribution in [3.63, 3.8) is 0 Å². The van der Waals surface area contributed by atoms with Gasteiger partial charge in [-0.25, -0.2) is 0 Å². The van der Waals surface area contributed by atoms with Crippen molar-refractivity contribution in [3.8, 4) is 0 Å². The first-order valence-electron chi connectivity index (χ1n) is 7.61. The molecule has 0 radical (unpaired) electrons. The molecule has 0 bridgehead atoms. The van der Waals surface area contributed by atoms with Gasteiger partial charge in [0.2, 0.25) is 5.91 Å². The Hall–Kier alpha value is -1.56. The van der Waals surface area contributed by atoms with Gasteiger partial charge in [0.25, 0.3) is 0 Å². The Labute approximate surface area is 155 Å². The number of aryl methyl sites for hydroxylation is 1. The van der Waals surface area contributed by atoms with Crippen LogP contribution in [0.1, 0.15) is 30.4 Å². The van der Waals surface area contributed by atoms with Crippen LogP contribution in [0.5, 0.6) is 0 Å². The first-order valence-corrected chi connectivity index (χ1v) is 7.61. The number of carbonyl (C=O) groups excluding carboxylic acids is 1. The summed E-state index contributed by atoms with van der Waals surface area (Å²) < 4.78 is 1.80. The molecule has 1 aromatic heterocycles. The number of amides is 1. The quantitative estimate of drug-likeness (QED) is 0.902. The van der Waals surface area contributed by atoms with E-state index in [-0.39, 0.29) is 30.7 Å². The molecular formula is C17H24Cl2N4O. The molecule has 0 aliphatic carbocycles. The van der Waals surface area contributed by atoms with E-state index in [1.54, 1.807) is 11.6 Å². The summed E-state index contributed by atoms with van der Waals surface area (Å²) in [6, 6.07) is 9.57. The van der Waals surface area contributed by atoms with Gasteiger partial charge in [-0.15, -0.1) is 24.8 Å². The minimum absolute atomic E-state index is 0. The number of hydrogen-bond donors (Lipinski definition) is 1. The van der Waals surface area contributed by atoms with Crippen LogP contribution in [0, 0.1) is 0 Å². The molecule has 2 N–H and O–H groups in total. The average Bonchev–Trinajstić information content (AvgIpc) is 3.16. The van der Waals surface area contributed by atoms with Gasteiger partial charge in [-0.3, -0.25) is 9.48 Å². The van der Waals surface area contributed by atoms with Gasteiger partial charge in [0.15, 0.2) is 0 Å². The number of nitrogens with two attached hydrogens (primary N) is 1. The number of benzene rings is 1. The second kappa shape index (κ2) is 8.01. The zero-order valence-electron chi connectivity index (χ0n) is 13.9. The van der Waals surface area contributed by atoms with E-state index in [9.17, 15) is 4.79 Å². The van der Waals surface area contributed by atoms with E-state index in [0.717, 1.165) is 18.5 Å². The summed E-state index contributed by atoms with van der Waals surface area (Å²) in [4.78, 5) is 14.7. The minimum atomic E-state index is -0.981. The van der Waals surface area contributed by atoms with Gasteiger partial charge in [-0.2, -0.15) is 5.10 Å². The maximum atomic E-state index is 12.8. The second-order valence-corrected chi connectivity index (χ2v) is 6.25. The molecular weight excluding hydrogens is 347 g/mol. The van der Waals surface area contributed by atoms with Crippen LogP contribution in [0.15, 0.2) is 42.7 Å². The van der Waals surface area contributed by atoms with E-state index in [1.807, 2.05) is 54.7 Å². The summed E-state index contributed by atoms with van der Waals surface area (Å²) in [6.45, 7) is 3.25. The highest BCUT2D eigenvalue weighted by atomic mass is 35.5. The largest absolute Gasteiger partial charge is 0.340 e. The molecule has 1 aromatic carbocycles. The Bertz CT molecular complexity index is 672. The summed E-state index contributed by atoms with van der Waals surface area (Å²) in [5, 5.41) is 4.22. The molecule has 3 rings (SSSR count). The zero-order chi connectivity index (χ0) is 15.7. The van der Waals surface area contributed by atoms with E-state index in [1.165, 1.54) is 5.56 Å². The molecule has 2 atom stereocenters. The Morgan fingerprint density at radius 1 is 1.29 bits per heavy atom. The van der Waals surface area contributed by atoms with Crippen molar-refractivity contribution in [2.24, 2.45) is 12.8 Å². The standard InChI is InChI=1S/C17H22N4O.2ClH/c1-17(18,15-6-4-3-5-7-15)16(22)21-9-8-13(12-21)14-10-19-20(2)11-14;;/h3-7,10-11,13H,8-9,12,18H2,1-2H3;2*1H. The predicted octanol–water partition coefficient (Wildman–Crippen LogP) is 2.45. The summed E-state index contributed by atoms with van der Waals surface area (Å²) in [6.07, 6.45) is 4.87. The molecule has 2 unspecified atom stereocenters. The van der Waals surface area contributed by atoms with E-state index in [4.69, 9.17) is 5.73 Å². The van der Waals surface area contributed by atoms with E-state index in [2.05, 4.69) is 5.10 Å². The molecule has 1 aliphatic heterocycles. The Balaban J connectivity index is 0.00000144. The van der Waals surface area contributed by atoms with Crippen LogP contribution in [0.2, 0.25) is 0 Å². The summed E-state index contributed by atoms with van der Waals surface area (Å²) in [5.74, 6) is 0.342. The Morgan fingerprint density at radius 3 is 2.54 bits per heavy atom. The van der Waals surface area contributed by atoms with Gasteiger partial charge in [-0.05, 0) is 24.5 Å². The summed E-state index contributed by atoms with van der Waals surface area (Å²) in [7, 11) is 1.91. The maximum absolute atomic E-state index is 12.8. The van der Waals surface area contributed by atoms with Crippen molar-refractivity contribution >= 4 is 30.7 Å². The molecule has 2 aromatic rings. The second-order valence-electron chi connectivity index (χ2n) is 6.25. The number of halogens is 2. The fourth-order valence-corrected chi connectivity index (χ4v) is 3.10. The van der Waals surface area contributed by atoms with Gasteiger partial charge < -0.3 is 10.6 Å². The van der Waals surface area contributed by atoms with Crippen molar-refractivity contribution in [2.45, 2.75) is 24.8 Å².